The van der Waals surface area contributed by atoms with Crippen molar-refractivity contribution < 1.29 is 14.8 Å². The van der Waals surface area contributed by atoms with Crippen molar-refractivity contribution in [2.24, 2.45) is 5.73 Å². The van der Waals surface area contributed by atoms with E-state index in [-0.39, 0.29) is 16.9 Å². The third-order valence-electron chi connectivity index (χ3n) is 3.99. The van der Waals surface area contributed by atoms with Crippen molar-refractivity contribution in [2.75, 3.05) is 0 Å². The number of allylic oxidation sites excluding steroid dienone is 4. The summed E-state index contributed by atoms with van der Waals surface area (Å²) in [6.07, 6.45) is 6.00. The van der Waals surface area contributed by atoms with Crippen molar-refractivity contribution in [2.45, 2.75) is 18.8 Å². The van der Waals surface area contributed by atoms with Crippen LogP contribution in [0.1, 0.15) is 16.8 Å². The van der Waals surface area contributed by atoms with Crippen molar-refractivity contribution in [3.05, 3.63) is 57.9 Å². The number of aromatic amines is 1. The lowest BCUT2D eigenvalue weighted by Crippen LogP contribution is -2.19. The topological polar surface area (TPSA) is 121 Å². The summed E-state index contributed by atoms with van der Waals surface area (Å²) in [5, 5.41) is 21.4. The highest BCUT2D eigenvalue weighted by Gasteiger charge is 2.21. The molecular weight excluding hydrogens is 297 g/mol. The molecule has 1 aromatic carbocycles. The Morgan fingerprint density at radius 1 is 1.43 bits per heavy atom. The maximum atomic E-state index is 12.0. The van der Waals surface area contributed by atoms with Crippen molar-refractivity contribution in [1.29, 1.82) is 0 Å². The number of aromatic nitrogens is 2. The number of nitrogens with zero attached hydrogens (tertiary/aromatic N) is 1. The summed E-state index contributed by atoms with van der Waals surface area (Å²) >= 11 is 0. The summed E-state index contributed by atoms with van der Waals surface area (Å²) in [6, 6.07) is 4.74. The summed E-state index contributed by atoms with van der Waals surface area (Å²) in [6.45, 7) is 0.444. The Morgan fingerprint density at radius 2 is 2.22 bits per heavy atom. The molecule has 1 aliphatic carbocycles. The molecule has 5 N–H and O–H groups in total. The van der Waals surface area contributed by atoms with Gasteiger partial charge in [-0.1, -0.05) is 18.2 Å². The number of H-pyrrole nitrogens is 1. The molecule has 1 amide bonds. The number of rotatable bonds is 4. The van der Waals surface area contributed by atoms with Gasteiger partial charge < -0.3 is 15.8 Å². The Morgan fingerprint density at radius 3 is 2.83 bits per heavy atom. The summed E-state index contributed by atoms with van der Waals surface area (Å²) < 4.78 is 1.69. The van der Waals surface area contributed by atoms with Crippen molar-refractivity contribution in [1.82, 2.24) is 9.78 Å². The lowest BCUT2D eigenvalue weighted by molar-refractivity contribution is 0.100. The van der Waals surface area contributed by atoms with Crippen LogP contribution in [-0.4, -0.2) is 32.9 Å². The van der Waals surface area contributed by atoms with E-state index < -0.39 is 13.0 Å². The van der Waals surface area contributed by atoms with Crippen LogP contribution < -0.4 is 11.3 Å². The molecular formula is C15H16BN3O4. The quantitative estimate of drug-likeness (QED) is 0.601. The second-order valence-corrected chi connectivity index (χ2v) is 5.57. The number of carbonyl (C=O) groups is 1. The molecule has 118 valence electrons. The average molecular weight is 313 g/mol. The van der Waals surface area contributed by atoms with Gasteiger partial charge in [-0.2, -0.15) is 0 Å². The fraction of sp³-hybridized carbons (Fsp3) is 0.200. The van der Waals surface area contributed by atoms with Crippen LogP contribution >= 0.6 is 0 Å². The predicted octanol–water partition coefficient (Wildman–Crippen LogP) is 0.158. The maximum absolute atomic E-state index is 12.0. The van der Waals surface area contributed by atoms with Crippen LogP contribution in [0.5, 0.6) is 0 Å². The van der Waals surface area contributed by atoms with E-state index in [1.54, 1.807) is 22.9 Å². The average Bonchev–Trinajstić information content (AvgIpc) is 2.83. The van der Waals surface area contributed by atoms with Gasteiger partial charge in [-0.15, -0.1) is 0 Å². The number of amides is 1. The van der Waals surface area contributed by atoms with Gasteiger partial charge in [-0.3, -0.25) is 19.4 Å². The Balaban J connectivity index is 1.89. The molecule has 0 bridgehead atoms. The van der Waals surface area contributed by atoms with E-state index >= 15 is 0 Å². The first-order chi connectivity index (χ1) is 11.0. The summed E-state index contributed by atoms with van der Waals surface area (Å²) in [5.74, 6) is -0.886. The highest BCUT2D eigenvalue weighted by Crippen LogP contribution is 2.24. The van der Waals surface area contributed by atoms with Crippen LogP contribution in [0.15, 0.2) is 46.8 Å². The summed E-state index contributed by atoms with van der Waals surface area (Å²) in [4.78, 5) is 23.2. The third-order valence-corrected chi connectivity index (χ3v) is 3.99. The molecule has 0 fully saturated rings. The maximum Gasteiger partial charge on any atom is 0.459 e. The molecule has 1 atom stereocenters. The van der Waals surface area contributed by atoms with Gasteiger partial charge in [-0.25, -0.2) is 0 Å². The zero-order chi connectivity index (χ0) is 16.6. The van der Waals surface area contributed by atoms with Gasteiger partial charge >= 0.3 is 7.12 Å². The van der Waals surface area contributed by atoms with Crippen LogP contribution in [0.25, 0.3) is 10.9 Å². The Bertz CT molecular complexity index is 878. The summed E-state index contributed by atoms with van der Waals surface area (Å²) in [7, 11) is -1.37. The molecule has 0 radical (unpaired) electrons. The predicted molar refractivity (Wildman–Crippen MR) is 86.9 cm³/mol. The number of nitrogens with one attached hydrogen (secondary N) is 1. The first-order valence-corrected chi connectivity index (χ1v) is 7.21. The molecule has 0 aliphatic heterocycles. The van der Waals surface area contributed by atoms with Crippen molar-refractivity contribution >= 4 is 23.9 Å². The Labute approximate surface area is 131 Å². The molecule has 1 heterocycles. The lowest BCUT2D eigenvalue weighted by Gasteiger charge is -2.15. The molecule has 8 heteroatoms. The molecule has 0 saturated heterocycles. The van der Waals surface area contributed by atoms with Crippen LogP contribution in [0.3, 0.4) is 0 Å². The Hall–Kier alpha value is -2.58. The fourth-order valence-corrected chi connectivity index (χ4v) is 2.68. The van der Waals surface area contributed by atoms with Gasteiger partial charge in [-0.05, 0) is 30.2 Å². The van der Waals surface area contributed by atoms with Crippen LogP contribution in [0, 0.1) is 0 Å². The molecule has 7 nitrogen and oxygen atoms in total. The minimum atomic E-state index is -1.37. The molecule has 0 saturated carbocycles. The molecule has 23 heavy (non-hydrogen) atoms. The molecule has 1 aliphatic rings. The highest BCUT2D eigenvalue weighted by atomic mass is 16.4. The van der Waals surface area contributed by atoms with Gasteiger partial charge in [0.1, 0.15) is 0 Å². The van der Waals surface area contributed by atoms with Crippen LogP contribution in [-0.2, 0) is 6.54 Å². The number of nitrogens with two attached hydrogens (primary N) is 1. The minimum absolute atomic E-state index is 0.285. The van der Waals surface area contributed by atoms with Gasteiger partial charge in [0.05, 0.1) is 17.4 Å². The van der Waals surface area contributed by atoms with Gasteiger partial charge in [0, 0.05) is 11.4 Å². The van der Waals surface area contributed by atoms with E-state index in [9.17, 15) is 9.59 Å². The molecule has 1 aromatic heterocycles. The number of benzene rings is 1. The van der Waals surface area contributed by atoms with E-state index in [1.165, 1.54) is 6.07 Å². The van der Waals surface area contributed by atoms with E-state index in [0.29, 0.717) is 23.9 Å². The van der Waals surface area contributed by atoms with Crippen molar-refractivity contribution in [3.8, 4) is 0 Å². The first-order valence-electron chi connectivity index (χ1n) is 7.21. The summed E-state index contributed by atoms with van der Waals surface area (Å²) in [5.41, 5.74) is 6.87. The second kappa shape index (κ2) is 5.90. The normalized spacial score (nSPS) is 17.3. The van der Waals surface area contributed by atoms with Crippen molar-refractivity contribution in [3.63, 3.8) is 0 Å². The first kappa shape index (κ1) is 15.3. The zero-order valence-electron chi connectivity index (χ0n) is 12.3. The zero-order valence-corrected chi connectivity index (χ0v) is 12.3. The highest BCUT2D eigenvalue weighted by molar-refractivity contribution is 6.44. The number of hydrogen-bond acceptors (Lipinski definition) is 4. The Kier molecular flexibility index (Phi) is 3.93. The largest absolute Gasteiger partial charge is 0.459 e. The number of primary amides is 1. The van der Waals surface area contributed by atoms with Gasteiger partial charge in [0.25, 0.3) is 5.56 Å². The smallest absolute Gasteiger partial charge is 0.427 e. The molecule has 0 spiro atoms. The molecule has 1 unspecified atom stereocenters. The minimum Gasteiger partial charge on any atom is -0.427 e. The second-order valence-electron chi connectivity index (χ2n) is 5.57. The van der Waals surface area contributed by atoms with Gasteiger partial charge in [0.15, 0.2) is 0 Å². The fourth-order valence-electron chi connectivity index (χ4n) is 2.68. The standard InChI is InChI=1S/C15H16BN3O4/c17-14(20)10-3-6-13-12(7-10)15(21)18-19(13)8-9-1-4-11(5-2-9)16(22)23/h1-4,6-7,11,22-23H,5,8H2,(H2,17,20)(H,18,21). The van der Waals surface area contributed by atoms with E-state index in [1.807, 2.05) is 12.2 Å². The SMILES string of the molecule is NC(=O)c1ccc2c(c1)c(=O)[nH]n2CC1=CCC(B(O)O)C=C1. The van der Waals surface area contributed by atoms with Crippen LogP contribution in [0.4, 0.5) is 0 Å². The van der Waals surface area contributed by atoms with E-state index in [0.717, 1.165) is 5.57 Å². The van der Waals surface area contributed by atoms with Crippen LogP contribution in [0.2, 0.25) is 5.82 Å². The molecule has 3 rings (SSSR count). The van der Waals surface area contributed by atoms with E-state index in [4.69, 9.17) is 15.8 Å². The van der Waals surface area contributed by atoms with E-state index in [2.05, 4.69) is 5.10 Å². The third kappa shape index (κ3) is 2.99. The number of carbonyl (C=O) groups excluding carboxylic acids is 1. The number of hydrogen-bond donors (Lipinski definition) is 4. The molecule has 2 aromatic rings. The monoisotopic (exact) mass is 313 g/mol. The number of fused-ring (bicyclic) bond motifs is 1. The lowest BCUT2D eigenvalue weighted by atomic mass is 9.69. The van der Waals surface area contributed by atoms with Gasteiger partial charge in [0.2, 0.25) is 5.91 Å².